The van der Waals surface area contributed by atoms with Gasteiger partial charge >= 0.3 is 5.97 Å². The third-order valence-electron chi connectivity index (χ3n) is 2.13. The lowest BCUT2D eigenvalue weighted by Crippen LogP contribution is -2.12. The molecule has 0 fully saturated rings. The van der Waals surface area contributed by atoms with Crippen molar-refractivity contribution in [3.05, 3.63) is 29.8 Å². The number of hydrogen-bond acceptors (Lipinski definition) is 2. The maximum Gasteiger partial charge on any atom is 0.312 e. The molecule has 0 aliphatic carbocycles. The summed E-state index contributed by atoms with van der Waals surface area (Å²) >= 11 is 0. The molecule has 1 heterocycles. The number of benzene rings is 1. The number of rotatable bonds is 1. The number of hydrogen-bond donors (Lipinski definition) is 2. The van der Waals surface area contributed by atoms with Crippen LogP contribution in [0.5, 0.6) is 0 Å². The second-order valence-electron chi connectivity index (χ2n) is 2.86. The number of nitrogens with one attached hydrogen (secondary N) is 1. The predicted octanol–water partition coefficient (Wildman–Crippen LogP) is 1.70. The molecule has 1 unspecified atom stereocenters. The number of halogens is 1. The SMILES string of the molecule is Cl.O=C(O)C1CNc2ccccc21. The molecule has 70 valence electrons. The highest BCUT2D eigenvalue weighted by Crippen LogP contribution is 2.30. The smallest absolute Gasteiger partial charge is 0.312 e. The molecule has 1 atom stereocenters. The van der Waals surface area contributed by atoms with Crippen LogP contribution in [0.15, 0.2) is 24.3 Å². The zero-order valence-electron chi connectivity index (χ0n) is 6.86. The molecular formula is C9H10ClNO2. The van der Waals surface area contributed by atoms with Crippen LogP contribution < -0.4 is 5.32 Å². The van der Waals surface area contributed by atoms with E-state index in [-0.39, 0.29) is 18.3 Å². The van der Waals surface area contributed by atoms with E-state index >= 15 is 0 Å². The van der Waals surface area contributed by atoms with Gasteiger partial charge in [-0.05, 0) is 11.6 Å². The van der Waals surface area contributed by atoms with Crippen molar-refractivity contribution in [1.82, 2.24) is 0 Å². The summed E-state index contributed by atoms with van der Waals surface area (Å²) in [6, 6.07) is 7.52. The first kappa shape index (κ1) is 9.86. The molecule has 0 aromatic heterocycles. The van der Waals surface area contributed by atoms with Gasteiger partial charge in [-0.25, -0.2) is 0 Å². The molecule has 3 nitrogen and oxygen atoms in total. The van der Waals surface area contributed by atoms with E-state index in [0.29, 0.717) is 6.54 Å². The Bertz CT molecular complexity index is 327. The van der Waals surface area contributed by atoms with Gasteiger partial charge in [-0.15, -0.1) is 12.4 Å². The third kappa shape index (κ3) is 1.60. The molecule has 0 bridgehead atoms. The highest BCUT2D eigenvalue weighted by Gasteiger charge is 2.27. The summed E-state index contributed by atoms with van der Waals surface area (Å²) in [5.41, 5.74) is 1.84. The first-order chi connectivity index (χ1) is 5.79. The van der Waals surface area contributed by atoms with E-state index < -0.39 is 5.97 Å². The number of anilines is 1. The molecular weight excluding hydrogens is 190 g/mol. The number of carboxylic acids is 1. The molecule has 4 heteroatoms. The van der Waals surface area contributed by atoms with E-state index in [2.05, 4.69) is 5.32 Å². The monoisotopic (exact) mass is 199 g/mol. The first-order valence-corrected chi connectivity index (χ1v) is 3.84. The van der Waals surface area contributed by atoms with Crippen LogP contribution in [0.2, 0.25) is 0 Å². The van der Waals surface area contributed by atoms with Crippen LogP contribution in [0.25, 0.3) is 0 Å². The van der Waals surface area contributed by atoms with Gasteiger partial charge in [0.1, 0.15) is 5.92 Å². The van der Waals surface area contributed by atoms with Gasteiger partial charge in [0, 0.05) is 12.2 Å². The van der Waals surface area contributed by atoms with E-state index in [1.165, 1.54) is 0 Å². The van der Waals surface area contributed by atoms with E-state index in [1.54, 1.807) is 0 Å². The zero-order valence-corrected chi connectivity index (χ0v) is 7.67. The highest BCUT2D eigenvalue weighted by molar-refractivity contribution is 5.85. The lowest BCUT2D eigenvalue weighted by atomic mass is 10.0. The van der Waals surface area contributed by atoms with Crippen molar-refractivity contribution in [3.8, 4) is 0 Å². The molecule has 0 saturated heterocycles. The second kappa shape index (κ2) is 3.66. The highest BCUT2D eigenvalue weighted by atomic mass is 35.5. The minimum absolute atomic E-state index is 0. The van der Waals surface area contributed by atoms with Gasteiger partial charge < -0.3 is 10.4 Å². The topological polar surface area (TPSA) is 49.3 Å². The molecule has 2 rings (SSSR count). The van der Waals surface area contributed by atoms with Crippen molar-refractivity contribution in [1.29, 1.82) is 0 Å². The number of aliphatic carboxylic acids is 1. The summed E-state index contributed by atoms with van der Waals surface area (Å²) in [7, 11) is 0. The summed E-state index contributed by atoms with van der Waals surface area (Å²) in [5, 5.41) is 11.9. The van der Waals surface area contributed by atoms with Gasteiger partial charge in [-0.3, -0.25) is 4.79 Å². The fourth-order valence-electron chi connectivity index (χ4n) is 1.50. The van der Waals surface area contributed by atoms with Crippen molar-refractivity contribution in [2.45, 2.75) is 5.92 Å². The molecule has 0 spiro atoms. The van der Waals surface area contributed by atoms with Crippen LogP contribution >= 0.6 is 12.4 Å². The van der Waals surface area contributed by atoms with E-state index in [4.69, 9.17) is 5.11 Å². The molecule has 1 aliphatic rings. The summed E-state index contributed by atoms with van der Waals surface area (Å²) in [5.74, 6) is -1.13. The van der Waals surface area contributed by atoms with Crippen molar-refractivity contribution >= 4 is 24.1 Å². The Kier molecular flexibility index (Phi) is 2.78. The quantitative estimate of drug-likeness (QED) is 0.724. The van der Waals surface area contributed by atoms with Gasteiger partial charge in [0.25, 0.3) is 0 Å². The minimum atomic E-state index is -0.757. The van der Waals surface area contributed by atoms with Crippen molar-refractivity contribution in [3.63, 3.8) is 0 Å². The Morgan fingerprint density at radius 1 is 1.46 bits per heavy atom. The summed E-state index contributed by atoms with van der Waals surface area (Å²) in [4.78, 5) is 10.7. The molecule has 2 N–H and O–H groups in total. The standard InChI is InChI=1S/C9H9NO2.ClH/c11-9(12)7-5-10-8-4-2-1-3-6(7)8;/h1-4,7,10H,5H2,(H,11,12);1H. The molecule has 0 radical (unpaired) electrons. The summed E-state index contributed by atoms with van der Waals surface area (Å²) < 4.78 is 0. The van der Waals surface area contributed by atoms with Crippen LogP contribution in [0.4, 0.5) is 5.69 Å². The fraction of sp³-hybridized carbons (Fsp3) is 0.222. The molecule has 1 aromatic rings. The van der Waals surface area contributed by atoms with Gasteiger partial charge in [-0.1, -0.05) is 18.2 Å². The number of para-hydroxylation sites is 1. The molecule has 1 aromatic carbocycles. The number of carbonyl (C=O) groups is 1. The minimum Gasteiger partial charge on any atom is -0.481 e. The average molecular weight is 200 g/mol. The Hall–Kier alpha value is -1.22. The van der Waals surface area contributed by atoms with Crippen LogP contribution in [-0.2, 0) is 4.79 Å². The average Bonchev–Trinajstić information content (AvgIpc) is 2.47. The van der Waals surface area contributed by atoms with Crippen molar-refractivity contribution in [2.24, 2.45) is 0 Å². The third-order valence-corrected chi connectivity index (χ3v) is 2.13. The summed E-state index contributed by atoms with van der Waals surface area (Å²) in [6.07, 6.45) is 0. The van der Waals surface area contributed by atoms with E-state index in [0.717, 1.165) is 11.3 Å². The van der Waals surface area contributed by atoms with Crippen LogP contribution in [-0.4, -0.2) is 17.6 Å². The van der Waals surface area contributed by atoms with Crippen LogP contribution in [0.1, 0.15) is 11.5 Å². The zero-order chi connectivity index (χ0) is 8.55. The molecule has 0 saturated carbocycles. The normalized spacial score (nSPS) is 18.3. The Morgan fingerprint density at radius 2 is 2.15 bits per heavy atom. The molecule has 13 heavy (non-hydrogen) atoms. The van der Waals surface area contributed by atoms with Crippen molar-refractivity contribution < 1.29 is 9.90 Å². The van der Waals surface area contributed by atoms with Gasteiger partial charge in [0.15, 0.2) is 0 Å². The van der Waals surface area contributed by atoms with Gasteiger partial charge in [0.05, 0.1) is 0 Å². The summed E-state index contributed by atoms with van der Waals surface area (Å²) in [6.45, 7) is 0.509. The number of fused-ring (bicyclic) bond motifs is 1. The van der Waals surface area contributed by atoms with E-state index in [1.807, 2.05) is 24.3 Å². The molecule has 1 aliphatic heterocycles. The lowest BCUT2D eigenvalue weighted by Gasteiger charge is -2.01. The largest absolute Gasteiger partial charge is 0.481 e. The van der Waals surface area contributed by atoms with Crippen LogP contribution in [0, 0.1) is 0 Å². The fourth-order valence-corrected chi connectivity index (χ4v) is 1.50. The van der Waals surface area contributed by atoms with Gasteiger partial charge in [-0.2, -0.15) is 0 Å². The maximum atomic E-state index is 10.7. The van der Waals surface area contributed by atoms with E-state index in [9.17, 15) is 4.79 Å². The Morgan fingerprint density at radius 3 is 2.85 bits per heavy atom. The van der Waals surface area contributed by atoms with Gasteiger partial charge in [0.2, 0.25) is 0 Å². The first-order valence-electron chi connectivity index (χ1n) is 3.84. The molecule has 0 amide bonds. The maximum absolute atomic E-state index is 10.7. The Balaban J connectivity index is 0.000000845. The Labute approximate surface area is 82.2 Å². The predicted molar refractivity (Wildman–Crippen MR) is 52.6 cm³/mol. The second-order valence-corrected chi connectivity index (χ2v) is 2.86. The number of carboxylic acid groups (broad SMARTS) is 1. The van der Waals surface area contributed by atoms with Crippen molar-refractivity contribution in [2.75, 3.05) is 11.9 Å². The van der Waals surface area contributed by atoms with Crippen LogP contribution in [0.3, 0.4) is 0 Å². The lowest BCUT2D eigenvalue weighted by molar-refractivity contribution is -0.138.